The van der Waals surface area contributed by atoms with E-state index in [1.54, 1.807) is 0 Å². The first-order valence-electron chi connectivity index (χ1n) is 15.1. The van der Waals surface area contributed by atoms with E-state index < -0.39 is 33.1 Å². The second-order valence-electron chi connectivity index (χ2n) is 10.5. The van der Waals surface area contributed by atoms with Crippen LogP contribution in [-0.2, 0) is 9.37 Å². The van der Waals surface area contributed by atoms with Crippen molar-refractivity contribution in [2.45, 2.75) is 152 Å². The van der Waals surface area contributed by atoms with Gasteiger partial charge in [0.05, 0.1) is 16.9 Å². The smallest absolute Gasteiger partial charge is 0.179 e. The van der Waals surface area contributed by atoms with Crippen LogP contribution in [0.2, 0.25) is 0 Å². The van der Waals surface area contributed by atoms with Crippen LogP contribution in [0, 0.1) is 29.2 Å². The van der Waals surface area contributed by atoms with Crippen molar-refractivity contribution in [1.82, 2.24) is 0 Å². The minimum absolute atomic E-state index is 0.194. The van der Waals surface area contributed by atoms with Crippen LogP contribution >= 0.6 is 23.8 Å². The summed E-state index contributed by atoms with van der Waals surface area (Å²) in [5.41, 5.74) is 0. The van der Waals surface area contributed by atoms with Crippen molar-refractivity contribution in [3.8, 4) is 0 Å². The molecule has 0 heterocycles. The Morgan fingerprint density at radius 2 is 0.923 bits per heavy atom. The number of rotatable bonds is 26. The van der Waals surface area contributed by atoms with E-state index in [1.807, 2.05) is 0 Å². The highest BCUT2D eigenvalue weighted by atomic mass is 32.2. The molecule has 0 aliphatic carbocycles. The average molecular weight is 598 g/mol. The standard InChI is InChI=1S/C30H50F4O3S2/c1-3-5-7-9-11-13-14-16-18-20-22-24(21-19-17-15-12-10-8-6-4-2)23-38-29-25(31)27(33)30(39-37-36-35)28(34)26(29)32/h24,35H,3-23H2,1-2H3/p-1. The van der Waals surface area contributed by atoms with Gasteiger partial charge in [-0.15, -0.1) is 11.8 Å². The zero-order valence-corrected chi connectivity index (χ0v) is 25.6. The van der Waals surface area contributed by atoms with Gasteiger partial charge in [0.2, 0.25) is 0 Å². The number of halogens is 4. The number of thioether (sulfide) groups is 1. The molecule has 0 spiro atoms. The van der Waals surface area contributed by atoms with Gasteiger partial charge in [0.1, 0.15) is 4.90 Å². The third-order valence-electron chi connectivity index (χ3n) is 7.22. The summed E-state index contributed by atoms with van der Waals surface area (Å²) in [6.45, 7) is 4.43. The van der Waals surface area contributed by atoms with Gasteiger partial charge in [-0.05, 0) is 18.8 Å². The van der Waals surface area contributed by atoms with Gasteiger partial charge < -0.3 is 5.26 Å². The molecule has 1 atom stereocenters. The first-order chi connectivity index (χ1) is 19.0. The van der Waals surface area contributed by atoms with Crippen molar-refractivity contribution in [2.75, 3.05) is 5.75 Å². The first-order valence-corrected chi connectivity index (χ1v) is 16.8. The Morgan fingerprint density at radius 1 is 0.564 bits per heavy atom. The maximum absolute atomic E-state index is 14.6. The highest BCUT2D eigenvalue weighted by Crippen LogP contribution is 2.38. The molecule has 228 valence electrons. The Kier molecular flexibility index (Phi) is 22.6. The van der Waals surface area contributed by atoms with Crippen LogP contribution in [0.15, 0.2) is 9.79 Å². The zero-order valence-electron chi connectivity index (χ0n) is 24.0. The fourth-order valence-corrected chi connectivity index (χ4v) is 6.43. The largest absolute Gasteiger partial charge is 0.691 e. The Hall–Kier alpha value is -0.480. The van der Waals surface area contributed by atoms with Crippen molar-refractivity contribution in [3.05, 3.63) is 23.3 Å². The van der Waals surface area contributed by atoms with Crippen LogP contribution in [0.1, 0.15) is 142 Å². The van der Waals surface area contributed by atoms with Gasteiger partial charge in [-0.2, -0.15) is 4.33 Å². The molecular formula is C30H49F4O3S2-. The summed E-state index contributed by atoms with van der Waals surface area (Å²) in [5.74, 6) is -5.50. The monoisotopic (exact) mass is 597 g/mol. The summed E-state index contributed by atoms with van der Waals surface area (Å²) in [7, 11) is 0. The highest BCUT2D eigenvalue weighted by Gasteiger charge is 2.27. The Morgan fingerprint density at radius 3 is 1.31 bits per heavy atom. The molecule has 0 radical (unpaired) electrons. The molecular weight excluding hydrogens is 548 g/mol. The lowest BCUT2D eigenvalue weighted by Crippen LogP contribution is -2.08. The number of hydrogen-bond donors (Lipinski definition) is 0. The Labute approximate surface area is 242 Å². The molecule has 0 bridgehead atoms. The summed E-state index contributed by atoms with van der Waals surface area (Å²) >= 11 is 0.635. The van der Waals surface area contributed by atoms with Gasteiger partial charge in [0.25, 0.3) is 0 Å². The number of hydrogen-bond acceptors (Lipinski definition) is 5. The molecule has 0 aliphatic heterocycles. The molecule has 0 N–H and O–H groups in total. The van der Waals surface area contributed by atoms with Gasteiger partial charge in [-0.3, -0.25) is 5.04 Å². The molecule has 9 heteroatoms. The summed E-state index contributed by atoms with van der Waals surface area (Å²) in [4.78, 5) is -1.74. The molecule has 1 aromatic rings. The maximum Gasteiger partial charge on any atom is 0.179 e. The van der Waals surface area contributed by atoms with Crippen molar-refractivity contribution >= 4 is 23.8 Å². The quantitative estimate of drug-likeness (QED) is 0.0202. The van der Waals surface area contributed by atoms with Gasteiger partial charge in [0.15, 0.2) is 23.3 Å². The van der Waals surface area contributed by atoms with Crippen LogP contribution in [0.4, 0.5) is 17.6 Å². The minimum atomic E-state index is -1.59. The SMILES string of the molecule is CCCCCCCCCCCCC(CCCCCCCCCC)CSc1c(F)c(F)c(SOO[O-])c(F)c1F. The van der Waals surface area contributed by atoms with E-state index in [4.69, 9.17) is 0 Å². The fraction of sp³-hybridized carbons (Fsp3) is 0.800. The predicted octanol–water partition coefficient (Wildman–Crippen LogP) is 11.0. The van der Waals surface area contributed by atoms with Gasteiger partial charge in [-0.1, -0.05) is 129 Å². The number of benzene rings is 1. The lowest BCUT2D eigenvalue weighted by Gasteiger charge is -2.18. The molecule has 0 aliphatic rings. The van der Waals surface area contributed by atoms with Crippen molar-refractivity contribution in [2.24, 2.45) is 5.92 Å². The normalized spacial score (nSPS) is 12.4. The summed E-state index contributed by atoms with van der Waals surface area (Å²) in [5, 5.41) is 13.0. The van der Waals surface area contributed by atoms with Gasteiger partial charge >= 0.3 is 0 Å². The molecule has 1 rings (SSSR count). The Bertz CT molecular complexity index is 726. The topological polar surface area (TPSA) is 41.5 Å². The van der Waals surface area contributed by atoms with E-state index in [2.05, 4.69) is 23.2 Å². The molecule has 39 heavy (non-hydrogen) atoms. The van der Waals surface area contributed by atoms with Crippen LogP contribution in [0.3, 0.4) is 0 Å². The maximum atomic E-state index is 14.6. The lowest BCUT2D eigenvalue weighted by molar-refractivity contribution is -0.777. The average Bonchev–Trinajstić information content (AvgIpc) is 2.93. The summed E-state index contributed by atoms with van der Waals surface area (Å²) in [6.07, 6.45) is 24.0. The Balaban J connectivity index is 2.59. The van der Waals surface area contributed by atoms with Crippen LogP contribution in [-0.4, -0.2) is 5.75 Å². The predicted molar refractivity (Wildman–Crippen MR) is 152 cm³/mol. The van der Waals surface area contributed by atoms with Crippen molar-refractivity contribution < 1.29 is 32.2 Å². The van der Waals surface area contributed by atoms with E-state index >= 15 is 0 Å². The molecule has 0 fully saturated rings. The van der Waals surface area contributed by atoms with E-state index in [9.17, 15) is 22.8 Å². The molecule has 0 aromatic heterocycles. The molecule has 1 unspecified atom stereocenters. The molecule has 3 nitrogen and oxygen atoms in total. The van der Waals surface area contributed by atoms with E-state index in [-0.39, 0.29) is 18.0 Å². The van der Waals surface area contributed by atoms with Crippen LogP contribution < -0.4 is 5.26 Å². The number of unbranched alkanes of at least 4 members (excludes halogenated alkanes) is 16. The van der Waals surface area contributed by atoms with Crippen molar-refractivity contribution in [1.29, 1.82) is 0 Å². The summed E-state index contributed by atoms with van der Waals surface area (Å²) in [6, 6.07) is 0. The van der Waals surface area contributed by atoms with Crippen molar-refractivity contribution in [3.63, 3.8) is 0 Å². The van der Waals surface area contributed by atoms with Crippen LogP contribution in [0.25, 0.3) is 0 Å². The highest BCUT2D eigenvalue weighted by molar-refractivity contribution is 7.99. The summed E-state index contributed by atoms with van der Waals surface area (Å²) < 4.78 is 61.7. The second-order valence-corrected chi connectivity index (χ2v) is 12.3. The zero-order chi connectivity index (χ0) is 28.7. The van der Waals surface area contributed by atoms with E-state index in [1.165, 1.54) is 89.9 Å². The molecule has 0 saturated carbocycles. The first kappa shape index (κ1) is 36.5. The van der Waals surface area contributed by atoms with Gasteiger partial charge in [-0.25, -0.2) is 17.6 Å². The molecule has 1 aromatic carbocycles. The van der Waals surface area contributed by atoms with Gasteiger partial charge in [0, 0.05) is 5.75 Å². The third kappa shape index (κ3) is 15.9. The molecule has 0 amide bonds. The van der Waals surface area contributed by atoms with Crippen LogP contribution in [0.5, 0.6) is 0 Å². The van der Waals surface area contributed by atoms with E-state index in [0.717, 1.165) is 50.3 Å². The van der Waals surface area contributed by atoms with E-state index in [0.29, 0.717) is 5.75 Å². The third-order valence-corrected chi connectivity index (χ3v) is 9.16. The second kappa shape index (κ2) is 24.2. The minimum Gasteiger partial charge on any atom is -0.691 e. The fourth-order valence-electron chi connectivity index (χ4n) is 4.84. The lowest BCUT2D eigenvalue weighted by atomic mass is 9.95. The molecule has 0 saturated heterocycles.